The van der Waals surface area contributed by atoms with Crippen molar-refractivity contribution >= 4 is 11.4 Å². The first-order valence-corrected chi connectivity index (χ1v) is 3.48. The SMILES string of the molecule is CON(C)c1cccc(F)c1N. The molecule has 0 radical (unpaired) electrons. The minimum Gasteiger partial charge on any atom is -0.395 e. The van der Waals surface area contributed by atoms with E-state index in [9.17, 15) is 4.39 Å². The van der Waals surface area contributed by atoms with Crippen LogP contribution in [0.1, 0.15) is 0 Å². The molecule has 0 amide bonds. The predicted octanol–water partition coefficient (Wildman–Crippen LogP) is 1.41. The number of hydrogen-bond donors (Lipinski definition) is 1. The van der Waals surface area contributed by atoms with Crippen LogP contribution in [0.15, 0.2) is 18.2 Å². The van der Waals surface area contributed by atoms with Gasteiger partial charge in [0.2, 0.25) is 0 Å². The van der Waals surface area contributed by atoms with Crippen molar-refractivity contribution < 1.29 is 9.23 Å². The van der Waals surface area contributed by atoms with E-state index in [1.807, 2.05) is 0 Å². The molecule has 1 aromatic rings. The van der Waals surface area contributed by atoms with Crippen LogP contribution in [0.2, 0.25) is 0 Å². The number of hydroxylamine groups is 1. The van der Waals surface area contributed by atoms with E-state index in [4.69, 9.17) is 10.6 Å². The second kappa shape index (κ2) is 3.40. The molecule has 0 heterocycles. The average Bonchev–Trinajstić information content (AvgIpc) is 2.08. The third-order valence-corrected chi connectivity index (χ3v) is 1.64. The zero-order valence-corrected chi connectivity index (χ0v) is 7.04. The predicted molar refractivity (Wildman–Crippen MR) is 46.2 cm³/mol. The highest BCUT2D eigenvalue weighted by Crippen LogP contribution is 2.24. The third kappa shape index (κ3) is 1.48. The summed E-state index contributed by atoms with van der Waals surface area (Å²) in [6, 6.07) is 4.57. The lowest BCUT2D eigenvalue weighted by Crippen LogP contribution is -2.16. The standard InChI is InChI=1S/C8H11FN2O/c1-11(12-2)7-5-3-4-6(9)8(7)10/h3-5H,10H2,1-2H3. The second-order valence-electron chi connectivity index (χ2n) is 2.35. The van der Waals surface area contributed by atoms with Crippen molar-refractivity contribution in [2.45, 2.75) is 0 Å². The first-order chi connectivity index (χ1) is 5.66. The van der Waals surface area contributed by atoms with Crippen LogP contribution in [0, 0.1) is 5.82 Å². The molecule has 0 spiro atoms. The Hall–Kier alpha value is -1.29. The van der Waals surface area contributed by atoms with E-state index in [1.54, 1.807) is 19.2 Å². The maximum Gasteiger partial charge on any atom is 0.148 e. The van der Waals surface area contributed by atoms with Crippen LogP contribution < -0.4 is 10.8 Å². The van der Waals surface area contributed by atoms with Gasteiger partial charge in [-0.2, -0.15) is 0 Å². The van der Waals surface area contributed by atoms with Gasteiger partial charge in [-0.05, 0) is 12.1 Å². The molecule has 0 saturated heterocycles. The lowest BCUT2D eigenvalue weighted by Gasteiger charge is -2.17. The van der Waals surface area contributed by atoms with Gasteiger partial charge in [-0.15, -0.1) is 0 Å². The highest BCUT2D eigenvalue weighted by molar-refractivity contribution is 5.66. The Bertz CT molecular complexity index is 278. The molecule has 0 bridgehead atoms. The molecule has 12 heavy (non-hydrogen) atoms. The van der Waals surface area contributed by atoms with E-state index in [1.165, 1.54) is 18.2 Å². The fourth-order valence-electron chi connectivity index (χ4n) is 0.899. The molecule has 0 saturated carbocycles. The number of halogens is 1. The molecular weight excluding hydrogens is 159 g/mol. The van der Waals surface area contributed by atoms with Gasteiger partial charge in [0, 0.05) is 7.05 Å². The Kier molecular flexibility index (Phi) is 2.50. The second-order valence-corrected chi connectivity index (χ2v) is 2.35. The largest absolute Gasteiger partial charge is 0.395 e. The number of para-hydroxylation sites is 1. The van der Waals surface area contributed by atoms with Gasteiger partial charge in [-0.1, -0.05) is 6.07 Å². The van der Waals surface area contributed by atoms with E-state index < -0.39 is 5.82 Å². The summed E-state index contributed by atoms with van der Waals surface area (Å²) in [6.45, 7) is 0. The summed E-state index contributed by atoms with van der Waals surface area (Å²) in [4.78, 5) is 4.86. The number of nitrogens with zero attached hydrogens (tertiary/aromatic N) is 1. The van der Waals surface area contributed by atoms with Crippen LogP contribution in [0.5, 0.6) is 0 Å². The smallest absolute Gasteiger partial charge is 0.148 e. The van der Waals surface area contributed by atoms with Gasteiger partial charge in [0.1, 0.15) is 5.82 Å². The minimum atomic E-state index is -0.434. The zero-order valence-electron chi connectivity index (χ0n) is 7.04. The van der Waals surface area contributed by atoms with Crippen LogP contribution in [-0.4, -0.2) is 14.2 Å². The number of benzene rings is 1. The quantitative estimate of drug-likeness (QED) is 0.538. The molecule has 0 aliphatic carbocycles. The first kappa shape index (κ1) is 8.80. The van der Waals surface area contributed by atoms with Gasteiger partial charge in [0.05, 0.1) is 18.5 Å². The molecule has 1 aromatic carbocycles. The van der Waals surface area contributed by atoms with Crippen molar-refractivity contribution in [3.05, 3.63) is 24.0 Å². The fraction of sp³-hybridized carbons (Fsp3) is 0.250. The van der Waals surface area contributed by atoms with E-state index in [0.717, 1.165) is 0 Å². The highest BCUT2D eigenvalue weighted by atomic mass is 19.1. The van der Waals surface area contributed by atoms with Crippen LogP contribution in [0.4, 0.5) is 15.8 Å². The van der Waals surface area contributed by atoms with Crippen molar-refractivity contribution in [2.24, 2.45) is 0 Å². The zero-order chi connectivity index (χ0) is 9.14. The molecule has 0 unspecified atom stereocenters. The first-order valence-electron chi connectivity index (χ1n) is 3.48. The normalized spacial score (nSPS) is 9.92. The topological polar surface area (TPSA) is 38.5 Å². The summed E-state index contributed by atoms with van der Waals surface area (Å²) in [5.74, 6) is -0.434. The van der Waals surface area contributed by atoms with Crippen molar-refractivity contribution in [2.75, 3.05) is 25.0 Å². The van der Waals surface area contributed by atoms with E-state index in [2.05, 4.69) is 0 Å². The van der Waals surface area contributed by atoms with E-state index in [-0.39, 0.29) is 5.69 Å². The molecule has 0 aromatic heterocycles. The average molecular weight is 170 g/mol. The number of nitrogens with two attached hydrogens (primary N) is 1. The van der Waals surface area contributed by atoms with Gasteiger partial charge in [0.25, 0.3) is 0 Å². The van der Waals surface area contributed by atoms with Crippen molar-refractivity contribution in [3.63, 3.8) is 0 Å². The van der Waals surface area contributed by atoms with E-state index in [0.29, 0.717) is 5.69 Å². The lowest BCUT2D eigenvalue weighted by atomic mass is 10.2. The lowest BCUT2D eigenvalue weighted by molar-refractivity contribution is 0.185. The van der Waals surface area contributed by atoms with Crippen molar-refractivity contribution in [3.8, 4) is 0 Å². The van der Waals surface area contributed by atoms with Crippen molar-refractivity contribution in [1.29, 1.82) is 0 Å². The fourth-order valence-corrected chi connectivity index (χ4v) is 0.899. The Morgan fingerprint density at radius 1 is 1.50 bits per heavy atom. The highest BCUT2D eigenvalue weighted by Gasteiger charge is 2.07. The van der Waals surface area contributed by atoms with Crippen LogP contribution in [0.3, 0.4) is 0 Å². The summed E-state index contributed by atoms with van der Waals surface area (Å²) in [7, 11) is 3.15. The molecular formula is C8H11FN2O. The molecule has 1 rings (SSSR count). The maximum atomic E-state index is 12.9. The van der Waals surface area contributed by atoms with Gasteiger partial charge >= 0.3 is 0 Å². The van der Waals surface area contributed by atoms with Crippen LogP contribution in [0.25, 0.3) is 0 Å². The number of nitrogen functional groups attached to an aromatic ring is 1. The number of hydrogen-bond acceptors (Lipinski definition) is 3. The number of anilines is 2. The van der Waals surface area contributed by atoms with Crippen LogP contribution >= 0.6 is 0 Å². The molecule has 0 fully saturated rings. The molecule has 0 atom stereocenters. The minimum absolute atomic E-state index is 0.0989. The maximum absolute atomic E-state index is 12.9. The van der Waals surface area contributed by atoms with Crippen molar-refractivity contribution in [1.82, 2.24) is 0 Å². The molecule has 0 aliphatic rings. The molecule has 2 N–H and O–H groups in total. The summed E-state index contributed by atoms with van der Waals surface area (Å²) in [5, 5.41) is 1.40. The van der Waals surface area contributed by atoms with E-state index >= 15 is 0 Å². The number of rotatable bonds is 2. The van der Waals surface area contributed by atoms with Gasteiger partial charge in [-0.3, -0.25) is 9.90 Å². The third-order valence-electron chi connectivity index (χ3n) is 1.64. The van der Waals surface area contributed by atoms with Gasteiger partial charge < -0.3 is 5.73 Å². The van der Waals surface area contributed by atoms with Gasteiger partial charge in [-0.25, -0.2) is 4.39 Å². The Morgan fingerprint density at radius 3 is 2.75 bits per heavy atom. The summed E-state index contributed by atoms with van der Waals surface area (Å²) in [6.07, 6.45) is 0. The Morgan fingerprint density at radius 2 is 2.17 bits per heavy atom. The molecule has 0 aliphatic heterocycles. The summed E-state index contributed by atoms with van der Waals surface area (Å²) < 4.78 is 12.9. The Labute approximate surface area is 70.5 Å². The van der Waals surface area contributed by atoms with Gasteiger partial charge in [0.15, 0.2) is 0 Å². The summed E-state index contributed by atoms with van der Waals surface area (Å²) >= 11 is 0. The summed E-state index contributed by atoms with van der Waals surface area (Å²) in [5.41, 5.74) is 6.09. The molecule has 66 valence electrons. The monoisotopic (exact) mass is 170 g/mol. The molecule has 3 nitrogen and oxygen atoms in total. The van der Waals surface area contributed by atoms with Crippen LogP contribution in [-0.2, 0) is 4.84 Å². The molecule has 4 heteroatoms. The Balaban J connectivity index is 3.07.